The molecule has 0 amide bonds. The SMILES string of the molecule is CCCCCCc1ccccc1Cc1ccc(Cc2ccccc2C)cc1. The summed E-state index contributed by atoms with van der Waals surface area (Å²) in [6.45, 7) is 4.47. The Hall–Kier alpha value is -2.34. The van der Waals surface area contributed by atoms with E-state index in [1.807, 2.05) is 0 Å². The largest absolute Gasteiger partial charge is 0.0654 e. The van der Waals surface area contributed by atoms with Crippen molar-refractivity contribution in [2.45, 2.75) is 58.8 Å². The van der Waals surface area contributed by atoms with Crippen LogP contribution < -0.4 is 0 Å². The lowest BCUT2D eigenvalue weighted by Crippen LogP contribution is -1.97. The summed E-state index contributed by atoms with van der Waals surface area (Å²) in [5, 5.41) is 0. The smallest absolute Gasteiger partial charge is 0.00230 e. The maximum atomic E-state index is 2.31. The van der Waals surface area contributed by atoms with Crippen LogP contribution in [0, 0.1) is 6.92 Å². The first-order valence-corrected chi connectivity index (χ1v) is 10.5. The van der Waals surface area contributed by atoms with Gasteiger partial charge in [0.15, 0.2) is 0 Å². The number of hydrogen-bond acceptors (Lipinski definition) is 0. The Labute approximate surface area is 165 Å². The van der Waals surface area contributed by atoms with Gasteiger partial charge in [0.05, 0.1) is 0 Å². The third kappa shape index (κ3) is 5.82. The number of rotatable bonds is 9. The molecule has 0 heterocycles. The van der Waals surface area contributed by atoms with Gasteiger partial charge in [-0.05, 0) is 66.0 Å². The van der Waals surface area contributed by atoms with E-state index in [4.69, 9.17) is 0 Å². The van der Waals surface area contributed by atoms with Crippen molar-refractivity contribution in [1.29, 1.82) is 0 Å². The molecule has 0 bridgehead atoms. The Morgan fingerprint density at radius 1 is 0.556 bits per heavy atom. The van der Waals surface area contributed by atoms with E-state index in [0.29, 0.717) is 0 Å². The van der Waals surface area contributed by atoms with Gasteiger partial charge < -0.3 is 0 Å². The first-order valence-electron chi connectivity index (χ1n) is 10.5. The van der Waals surface area contributed by atoms with Gasteiger partial charge in [-0.15, -0.1) is 0 Å². The molecule has 3 rings (SSSR count). The third-order valence-corrected chi connectivity index (χ3v) is 5.49. The Morgan fingerprint density at radius 3 is 1.74 bits per heavy atom. The van der Waals surface area contributed by atoms with E-state index in [-0.39, 0.29) is 0 Å². The highest BCUT2D eigenvalue weighted by molar-refractivity contribution is 5.36. The molecule has 0 N–H and O–H groups in total. The highest BCUT2D eigenvalue weighted by atomic mass is 14.1. The van der Waals surface area contributed by atoms with Crippen molar-refractivity contribution in [2.24, 2.45) is 0 Å². The quantitative estimate of drug-likeness (QED) is 0.353. The van der Waals surface area contributed by atoms with Gasteiger partial charge in [0.25, 0.3) is 0 Å². The van der Waals surface area contributed by atoms with Crippen molar-refractivity contribution in [3.8, 4) is 0 Å². The van der Waals surface area contributed by atoms with Crippen LogP contribution in [0.5, 0.6) is 0 Å². The van der Waals surface area contributed by atoms with E-state index in [2.05, 4.69) is 86.6 Å². The summed E-state index contributed by atoms with van der Waals surface area (Å²) in [5.41, 5.74) is 8.60. The van der Waals surface area contributed by atoms with Crippen molar-refractivity contribution in [1.82, 2.24) is 0 Å². The Kier molecular flexibility index (Phi) is 7.27. The first-order chi connectivity index (χ1) is 13.3. The summed E-state index contributed by atoms with van der Waals surface area (Å²) in [4.78, 5) is 0. The third-order valence-electron chi connectivity index (χ3n) is 5.49. The lowest BCUT2D eigenvalue weighted by molar-refractivity contribution is 0.665. The van der Waals surface area contributed by atoms with Gasteiger partial charge in [-0.1, -0.05) is 99.0 Å². The normalized spacial score (nSPS) is 10.9. The van der Waals surface area contributed by atoms with Crippen molar-refractivity contribution < 1.29 is 0 Å². The van der Waals surface area contributed by atoms with Crippen molar-refractivity contribution in [3.05, 3.63) is 106 Å². The molecule has 0 aliphatic rings. The molecule has 140 valence electrons. The summed E-state index contributed by atoms with van der Waals surface area (Å²) >= 11 is 0. The van der Waals surface area contributed by atoms with E-state index >= 15 is 0 Å². The fourth-order valence-electron chi connectivity index (χ4n) is 3.74. The van der Waals surface area contributed by atoms with E-state index in [1.165, 1.54) is 65.5 Å². The van der Waals surface area contributed by atoms with E-state index in [1.54, 1.807) is 0 Å². The summed E-state index contributed by atoms with van der Waals surface area (Å²) in [5.74, 6) is 0. The van der Waals surface area contributed by atoms with Crippen LogP contribution in [0.2, 0.25) is 0 Å². The maximum Gasteiger partial charge on any atom is -0.00230 e. The van der Waals surface area contributed by atoms with E-state index < -0.39 is 0 Å². The highest BCUT2D eigenvalue weighted by Gasteiger charge is 2.05. The summed E-state index contributed by atoms with van der Waals surface area (Å²) < 4.78 is 0. The fraction of sp³-hybridized carbons (Fsp3) is 0.333. The molecule has 0 atom stereocenters. The zero-order valence-corrected chi connectivity index (χ0v) is 16.9. The summed E-state index contributed by atoms with van der Waals surface area (Å²) in [6, 6.07) is 26.9. The Bertz CT molecular complexity index is 827. The van der Waals surface area contributed by atoms with Crippen LogP contribution in [-0.4, -0.2) is 0 Å². The molecule has 0 aromatic heterocycles. The van der Waals surface area contributed by atoms with Crippen molar-refractivity contribution in [3.63, 3.8) is 0 Å². The molecule has 0 fully saturated rings. The second-order valence-corrected chi connectivity index (χ2v) is 7.68. The summed E-state index contributed by atoms with van der Waals surface area (Å²) in [7, 11) is 0. The molecule has 3 aromatic rings. The Balaban J connectivity index is 1.64. The number of aryl methyl sites for hydroxylation is 2. The number of unbranched alkanes of at least 4 members (excludes halogenated alkanes) is 3. The molecule has 0 aliphatic heterocycles. The minimum atomic E-state index is 1.01. The second kappa shape index (κ2) is 10.1. The van der Waals surface area contributed by atoms with Crippen molar-refractivity contribution in [2.75, 3.05) is 0 Å². The molecular formula is C27H32. The fourth-order valence-corrected chi connectivity index (χ4v) is 3.74. The van der Waals surface area contributed by atoms with Gasteiger partial charge in [-0.2, -0.15) is 0 Å². The Morgan fingerprint density at radius 2 is 1.11 bits per heavy atom. The lowest BCUT2D eigenvalue weighted by atomic mass is 9.94. The molecular weight excluding hydrogens is 324 g/mol. The molecule has 27 heavy (non-hydrogen) atoms. The van der Waals surface area contributed by atoms with Crippen LogP contribution in [0.1, 0.15) is 66.0 Å². The predicted molar refractivity (Wildman–Crippen MR) is 118 cm³/mol. The molecule has 0 nitrogen and oxygen atoms in total. The highest BCUT2D eigenvalue weighted by Crippen LogP contribution is 2.19. The van der Waals surface area contributed by atoms with Crippen LogP contribution in [0.4, 0.5) is 0 Å². The minimum absolute atomic E-state index is 1.01. The topological polar surface area (TPSA) is 0 Å². The average molecular weight is 357 g/mol. The van der Waals surface area contributed by atoms with Crippen LogP contribution in [0.3, 0.4) is 0 Å². The van der Waals surface area contributed by atoms with Crippen molar-refractivity contribution >= 4 is 0 Å². The van der Waals surface area contributed by atoms with E-state index in [9.17, 15) is 0 Å². The van der Waals surface area contributed by atoms with Gasteiger partial charge in [0.1, 0.15) is 0 Å². The van der Waals surface area contributed by atoms with Crippen LogP contribution in [0.15, 0.2) is 72.8 Å². The second-order valence-electron chi connectivity index (χ2n) is 7.68. The zero-order chi connectivity index (χ0) is 18.9. The standard InChI is InChI=1S/C27H32/c1-3-4-5-6-12-25-13-9-10-15-27(25)21-24-18-16-23(17-19-24)20-26-14-8-7-11-22(26)2/h7-11,13-19H,3-6,12,20-21H2,1-2H3. The van der Waals surface area contributed by atoms with Gasteiger partial charge in [0, 0.05) is 0 Å². The van der Waals surface area contributed by atoms with Gasteiger partial charge >= 0.3 is 0 Å². The molecule has 0 spiro atoms. The average Bonchev–Trinajstić information content (AvgIpc) is 2.70. The maximum absolute atomic E-state index is 2.31. The van der Waals surface area contributed by atoms with E-state index in [0.717, 1.165) is 12.8 Å². The van der Waals surface area contributed by atoms with Gasteiger partial charge in [-0.3, -0.25) is 0 Å². The first kappa shape index (κ1) is 19.4. The predicted octanol–water partition coefficient (Wildman–Crippen LogP) is 7.30. The molecule has 3 aromatic carbocycles. The van der Waals surface area contributed by atoms with Crippen LogP contribution >= 0.6 is 0 Å². The minimum Gasteiger partial charge on any atom is -0.0654 e. The van der Waals surface area contributed by atoms with Crippen LogP contribution in [0.25, 0.3) is 0 Å². The van der Waals surface area contributed by atoms with Gasteiger partial charge in [0.2, 0.25) is 0 Å². The molecule has 0 unspecified atom stereocenters. The lowest BCUT2D eigenvalue weighted by Gasteiger charge is -2.11. The van der Waals surface area contributed by atoms with Gasteiger partial charge in [-0.25, -0.2) is 0 Å². The van der Waals surface area contributed by atoms with Crippen LogP contribution in [-0.2, 0) is 19.3 Å². The zero-order valence-electron chi connectivity index (χ0n) is 16.9. The number of benzene rings is 3. The molecule has 0 saturated heterocycles. The monoisotopic (exact) mass is 356 g/mol. The molecule has 0 heteroatoms. The number of hydrogen-bond donors (Lipinski definition) is 0. The molecule has 0 aliphatic carbocycles. The molecule has 0 saturated carbocycles. The molecule has 0 radical (unpaired) electrons. The summed E-state index contributed by atoms with van der Waals surface area (Å²) in [6.07, 6.45) is 8.57.